The zero-order valence-corrected chi connectivity index (χ0v) is 14.3. The average molecular weight is 306 g/mol. The third kappa shape index (κ3) is 6.01. The lowest BCUT2D eigenvalue weighted by Gasteiger charge is -2.25. The van der Waals surface area contributed by atoms with E-state index >= 15 is 0 Å². The maximum Gasteiger partial charge on any atom is 0.119 e. The van der Waals surface area contributed by atoms with Crippen molar-refractivity contribution in [2.45, 2.75) is 25.9 Å². The molecule has 0 saturated carbocycles. The van der Waals surface area contributed by atoms with Gasteiger partial charge in [-0.3, -0.25) is 4.90 Å². The van der Waals surface area contributed by atoms with Gasteiger partial charge in [0.25, 0.3) is 0 Å². The molecule has 0 saturated heterocycles. The van der Waals surface area contributed by atoms with Crippen LogP contribution < -0.4 is 10.5 Å². The molecule has 0 bridgehead atoms. The number of nitrogens with zero attached hydrogens (tertiary/aromatic N) is 1. The van der Waals surface area contributed by atoms with Gasteiger partial charge in [-0.2, -0.15) is 11.8 Å². The molecule has 0 spiro atoms. The Bertz CT molecular complexity index is 493. The van der Waals surface area contributed by atoms with E-state index in [0.717, 1.165) is 17.9 Å². The first-order valence-electron chi connectivity index (χ1n) is 7.17. The predicted octanol–water partition coefficient (Wildman–Crippen LogP) is 2.58. The van der Waals surface area contributed by atoms with Gasteiger partial charge in [-0.1, -0.05) is 11.8 Å². The van der Waals surface area contributed by atoms with Crippen molar-refractivity contribution in [3.63, 3.8) is 0 Å². The molecule has 21 heavy (non-hydrogen) atoms. The van der Waals surface area contributed by atoms with Crippen molar-refractivity contribution in [2.75, 3.05) is 32.7 Å². The molecule has 0 heterocycles. The lowest BCUT2D eigenvalue weighted by Crippen LogP contribution is -2.29. The maximum atomic E-state index is 5.48. The standard InChI is InChI=1S/C17H26N2OS/c1-14(9-11-21-4)19(2)13-16-12-17(20-3)8-7-15(16)6-5-10-18/h7-8,12,14H,9-11,13,18H2,1-4H3. The van der Waals surface area contributed by atoms with Crippen LogP contribution in [0.3, 0.4) is 0 Å². The molecule has 0 radical (unpaired) electrons. The first-order chi connectivity index (χ1) is 10.1. The van der Waals surface area contributed by atoms with Crippen LogP contribution in [0.25, 0.3) is 0 Å². The van der Waals surface area contributed by atoms with Crippen LogP contribution in [0.2, 0.25) is 0 Å². The summed E-state index contributed by atoms with van der Waals surface area (Å²) in [5, 5.41) is 0. The Labute approximate surface area is 133 Å². The van der Waals surface area contributed by atoms with Gasteiger partial charge in [-0.05, 0) is 56.2 Å². The number of hydrogen-bond donors (Lipinski definition) is 1. The van der Waals surface area contributed by atoms with Crippen molar-refractivity contribution in [3.05, 3.63) is 29.3 Å². The molecule has 0 aliphatic heterocycles. The van der Waals surface area contributed by atoms with Crippen LogP contribution in [0.5, 0.6) is 5.75 Å². The minimum absolute atomic E-state index is 0.380. The molecule has 1 atom stereocenters. The molecular formula is C17H26N2OS. The van der Waals surface area contributed by atoms with Crippen LogP contribution in [-0.2, 0) is 6.54 Å². The summed E-state index contributed by atoms with van der Waals surface area (Å²) in [6.07, 6.45) is 3.33. The molecule has 2 N–H and O–H groups in total. The zero-order chi connectivity index (χ0) is 15.7. The first-order valence-corrected chi connectivity index (χ1v) is 8.56. The van der Waals surface area contributed by atoms with Crippen molar-refractivity contribution < 1.29 is 4.74 Å². The number of nitrogens with two attached hydrogens (primary N) is 1. The van der Waals surface area contributed by atoms with E-state index < -0.39 is 0 Å². The summed E-state index contributed by atoms with van der Waals surface area (Å²) in [4.78, 5) is 2.36. The zero-order valence-electron chi connectivity index (χ0n) is 13.5. The molecule has 1 aromatic rings. The first kappa shape index (κ1) is 17.9. The highest BCUT2D eigenvalue weighted by Gasteiger charge is 2.12. The Hall–Kier alpha value is -1.15. The average Bonchev–Trinajstić information content (AvgIpc) is 2.51. The number of thioether (sulfide) groups is 1. The van der Waals surface area contributed by atoms with Crippen LogP contribution in [0.4, 0.5) is 0 Å². The Morgan fingerprint density at radius 3 is 2.81 bits per heavy atom. The van der Waals surface area contributed by atoms with Gasteiger partial charge in [-0.25, -0.2) is 0 Å². The van der Waals surface area contributed by atoms with Crippen LogP contribution in [-0.4, -0.2) is 43.7 Å². The Morgan fingerprint density at radius 1 is 1.43 bits per heavy atom. The summed E-state index contributed by atoms with van der Waals surface area (Å²) in [5.74, 6) is 8.14. The predicted molar refractivity (Wildman–Crippen MR) is 92.9 cm³/mol. The third-order valence-corrected chi connectivity index (χ3v) is 4.19. The summed E-state index contributed by atoms with van der Waals surface area (Å²) in [7, 11) is 3.85. The molecule has 0 aliphatic rings. The highest BCUT2D eigenvalue weighted by Crippen LogP contribution is 2.20. The monoisotopic (exact) mass is 306 g/mol. The minimum atomic E-state index is 0.380. The summed E-state index contributed by atoms with van der Waals surface area (Å²) in [6, 6.07) is 6.57. The molecule has 0 aliphatic carbocycles. The third-order valence-electron chi connectivity index (χ3n) is 3.55. The fourth-order valence-electron chi connectivity index (χ4n) is 2.03. The highest BCUT2D eigenvalue weighted by atomic mass is 32.2. The van der Waals surface area contributed by atoms with E-state index in [1.165, 1.54) is 17.7 Å². The topological polar surface area (TPSA) is 38.5 Å². The molecule has 116 valence electrons. The van der Waals surface area contributed by atoms with Gasteiger partial charge in [0.1, 0.15) is 5.75 Å². The molecule has 0 fully saturated rings. The van der Waals surface area contributed by atoms with Crippen LogP contribution in [0.15, 0.2) is 18.2 Å². The van der Waals surface area contributed by atoms with E-state index in [4.69, 9.17) is 10.5 Å². The van der Waals surface area contributed by atoms with Crippen LogP contribution in [0, 0.1) is 11.8 Å². The lowest BCUT2D eigenvalue weighted by molar-refractivity contribution is 0.244. The summed E-state index contributed by atoms with van der Waals surface area (Å²) in [5.41, 5.74) is 7.70. The Balaban J connectivity index is 2.88. The van der Waals surface area contributed by atoms with Crippen molar-refractivity contribution in [1.82, 2.24) is 4.90 Å². The second-order valence-electron chi connectivity index (χ2n) is 5.07. The van der Waals surface area contributed by atoms with Crippen molar-refractivity contribution in [3.8, 4) is 17.6 Å². The minimum Gasteiger partial charge on any atom is -0.497 e. The van der Waals surface area contributed by atoms with E-state index in [-0.39, 0.29) is 0 Å². The number of methoxy groups -OCH3 is 1. The number of ether oxygens (including phenoxy) is 1. The molecule has 1 rings (SSSR count). The van der Waals surface area contributed by atoms with E-state index in [1.807, 2.05) is 23.9 Å². The molecule has 0 amide bonds. The van der Waals surface area contributed by atoms with Gasteiger partial charge in [0.2, 0.25) is 0 Å². The molecule has 1 aromatic carbocycles. The number of rotatable bonds is 7. The van der Waals surface area contributed by atoms with Gasteiger partial charge in [-0.15, -0.1) is 0 Å². The van der Waals surface area contributed by atoms with Gasteiger partial charge in [0, 0.05) is 18.2 Å². The summed E-state index contributed by atoms with van der Waals surface area (Å²) >= 11 is 1.89. The van der Waals surface area contributed by atoms with E-state index in [1.54, 1.807) is 7.11 Å². The second kappa shape index (κ2) is 9.73. The number of hydrogen-bond acceptors (Lipinski definition) is 4. The molecule has 0 aromatic heterocycles. The van der Waals surface area contributed by atoms with E-state index in [2.05, 4.69) is 43.0 Å². The fourth-order valence-corrected chi connectivity index (χ4v) is 2.61. The molecular weight excluding hydrogens is 280 g/mol. The normalized spacial score (nSPS) is 11.9. The number of benzene rings is 1. The van der Waals surface area contributed by atoms with Gasteiger partial charge >= 0.3 is 0 Å². The van der Waals surface area contributed by atoms with Crippen molar-refractivity contribution in [2.24, 2.45) is 5.73 Å². The smallest absolute Gasteiger partial charge is 0.119 e. The van der Waals surface area contributed by atoms with Gasteiger partial charge in [0.05, 0.1) is 13.7 Å². The van der Waals surface area contributed by atoms with Crippen LogP contribution in [0.1, 0.15) is 24.5 Å². The fraction of sp³-hybridized carbons (Fsp3) is 0.529. The second-order valence-corrected chi connectivity index (χ2v) is 6.06. The SMILES string of the molecule is COc1ccc(C#CCN)c(CN(C)C(C)CCSC)c1. The van der Waals surface area contributed by atoms with Crippen molar-refractivity contribution in [1.29, 1.82) is 0 Å². The van der Waals surface area contributed by atoms with E-state index in [9.17, 15) is 0 Å². The highest BCUT2D eigenvalue weighted by molar-refractivity contribution is 7.98. The molecule has 4 heteroatoms. The summed E-state index contributed by atoms with van der Waals surface area (Å²) in [6.45, 7) is 3.51. The Kier molecular flexibility index (Phi) is 8.29. The van der Waals surface area contributed by atoms with Gasteiger partial charge in [0.15, 0.2) is 0 Å². The van der Waals surface area contributed by atoms with Crippen molar-refractivity contribution >= 4 is 11.8 Å². The molecule has 3 nitrogen and oxygen atoms in total. The quantitative estimate of drug-likeness (QED) is 0.786. The maximum absolute atomic E-state index is 5.48. The van der Waals surface area contributed by atoms with E-state index in [0.29, 0.717) is 12.6 Å². The van der Waals surface area contributed by atoms with Gasteiger partial charge < -0.3 is 10.5 Å². The molecule has 1 unspecified atom stereocenters. The lowest BCUT2D eigenvalue weighted by atomic mass is 10.1. The Morgan fingerprint density at radius 2 is 2.19 bits per heavy atom. The largest absolute Gasteiger partial charge is 0.497 e. The summed E-state index contributed by atoms with van der Waals surface area (Å²) < 4.78 is 5.33. The van der Waals surface area contributed by atoms with Crippen LogP contribution >= 0.6 is 11.8 Å².